The van der Waals surface area contributed by atoms with Crippen LogP contribution in [0.3, 0.4) is 0 Å². The van der Waals surface area contributed by atoms with Crippen LogP contribution in [0.15, 0.2) is 18.2 Å². The standard InChI is InChI=1S/C16H19F2N3/c1-10-13(8-19-12-6-7-12)11(2)21(20-10)9-14-15(17)4-3-5-16(14)18/h3-5,12,19H,6-9H2,1-2H3. The second-order valence-electron chi connectivity index (χ2n) is 5.66. The molecule has 1 aromatic heterocycles. The van der Waals surface area contributed by atoms with Crippen molar-refractivity contribution < 1.29 is 8.78 Å². The molecule has 1 aliphatic carbocycles. The Balaban J connectivity index is 1.83. The van der Waals surface area contributed by atoms with Crippen molar-refractivity contribution >= 4 is 0 Å². The fraction of sp³-hybridized carbons (Fsp3) is 0.438. The van der Waals surface area contributed by atoms with E-state index in [1.807, 2.05) is 13.8 Å². The zero-order chi connectivity index (χ0) is 15.0. The first kappa shape index (κ1) is 14.2. The van der Waals surface area contributed by atoms with E-state index in [9.17, 15) is 8.78 Å². The minimum atomic E-state index is -0.528. The summed E-state index contributed by atoms with van der Waals surface area (Å²) in [6.45, 7) is 4.77. The van der Waals surface area contributed by atoms with E-state index < -0.39 is 11.6 Å². The lowest BCUT2D eigenvalue weighted by Crippen LogP contribution is -2.16. The molecule has 21 heavy (non-hydrogen) atoms. The molecule has 1 N–H and O–H groups in total. The van der Waals surface area contributed by atoms with E-state index in [1.54, 1.807) is 4.68 Å². The van der Waals surface area contributed by atoms with Crippen molar-refractivity contribution in [1.29, 1.82) is 0 Å². The summed E-state index contributed by atoms with van der Waals surface area (Å²) >= 11 is 0. The molecule has 0 amide bonds. The molecule has 1 aliphatic rings. The lowest BCUT2D eigenvalue weighted by Gasteiger charge is -2.08. The Kier molecular flexibility index (Phi) is 3.76. The first-order valence-corrected chi connectivity index (χ1v) is 7.25. The third kappa shape index (κ3) is 2.97. The number of halogens is 2. The highest BCUT2D eigenvalue weighted by Gasteiger charge is 2.22. The maximum absolute atomic E-state index is 13.7. The van der Waals surface area contributed by atoms with Crippen LogP contribution in [0.4, 0.5) is 8.78 Å². The van der Waals surface area contributed by atoms with Gasteiger partial charge in [0.25, 0.3) is 0 Å². The average Bonchev–Trinajstić information content (AvgIpc) is 3.21. The molecule has 3 rings (SSSR count). The first-order chi connectivity index (χ1) is 10.1. The average molecular weight is 291 g/mol. The van der Waals surface area contributed by atoms with E-state index in [4.69, 9.17) is 0 Å². The van der Waals surface area contributed by atoms with Crippen LogP contribution in [0.25, 0.3) is 0 Å². The number of rotatable bonds is 5. The third-order valence-corrected chi connectivity index (χ3v) is 4.05. The van der Waals surface area contributed by atoms with Gasteiger partial charge in [0, 0.05) is 29.4 Å². The van der Waals surface area contributed by atoms with E-state index >= 15 is 0 Å². The topological polar surface area (TPSA) is 29.9 Å². The molecule has 0 aliphatic heterocycles. The quantitative estimate of drug-likeness (QED) is 0.917. The fourth-order valence-electron chi connectivity index (χ4n) is 2.51. The van der Waals surface area contributed by atoms with Crippen molar-refractivity contribution in [2.45, 2.75) is 45.8 Å². The summed E-state index contributed by atoms with van der Waals surface area (Å²) in [4.78, 5) is 0. The Morgan fingerprint density at radius 2 is 1.86 bits per heavy atom. The minimum Gasteiger partial charge on any atom is -0.310 e. The molecule has 1 heterocycles. The summed E-state index contributed by atoms with van der Waals surface area (Å²) in [5, 5.41) is 7.88. The van der Waals surface area contributed by atoms with Crippen LogP contribution in [0.1, 0.15) is 35.4 Å². The number of nitrogens with zero attached hydrogens (tertiary/aromatic N) is 2. The normalized spacial score (nSPS) is 14.7. The van der Waals surface area contributed by atoms with E-state index in [0.717, 1.165) is 23.5 Å². The highest BCUT2D eigenvalue weighted by molar-refractivity contribution is 5.27. The summed E-state index contributed by atoms with van der Waals surface area (Å²) in [6, 6.07) is 4.55. The summed E-state index contributed by atoms with van der Waals surface area (Å²) in [7, 11) is 0. The number of hydrogen-bond acceptors (Lipinski definition) is 2. The molecule has 1 saturated carbocycles. The Morgan fingerprint density at radius 1 is 1.19 bits per heavy atom. The van der Waals surface area contributed by atoms with Crippen molar-refractivity contribution in [1.82, 2.24) is 15.1 Å². The van der Waals surface area contributed by atoms with Crippen LogP contribution in [0.2, 0.25) is 0 Å². The van der Waals surface area contributed by atoms with Gasteiger partial charge < -0.3 is 5.32 Å². The summed E-state index contributed by atoms with van der Waals surface area (Å²) < 4.78 is 29.2. The van der Waals surface area contributed by atoms with Crippen LogP contribution in [-0.2, 0) is 13.1 Å². The van der Waals surface area contributed by atoms with Crippen molar-refractivity contribution in [2.24, 2.45) is 0 Å². The highest BCUT2D eigenvalue weighted by atomic mass is 19.1. The number of nitrogens with one attached hydrogen (secondary N) is 1. The number of hydrogen-bond donors (Lipinski definition) is 1. The van der Waals surface area contributed by atoms with Gasteiger partial charge in [0.2, 0.25) is 0 Å². The van der Waals surface area contributed by atoms with Crippen molar-refractivity contribution in [3.05, 3.63) is 52.3 Å². The molecule has 0 bridgehead atoms. The van der Waals surface area contributed by atoms with Crippen molar-refractivity contribution in [3.63, 3.8) is 0 Å². The molecule has 1 aromatic carbocycles. The maximum atomic E-state index is 13.7. The van der Waals surface area contributed by atoms with Crippen LogP contribution in [0, 0.1) is 25.5 Å². The van der Waals surface area contributed by atoms with Gasteiger partial charge in [-0.15, -0.1) is 0 Å². The third-order valence-electron chi connectivity index (χ3n) is 4.05. The maximum Gasteiger partial charge on any atom is 0.131 e. The van der Waals surface area contributed by atoms with Gasteiger partial charge in [-0.3, -0.25) is 4.68 Å². The molecule has 0 unspecified atom stereocenters. The van der Waals surface area contributed by atoms with Gasteiger partial charge in [-0.25, -0.2) is 8.78 Å². The molecule has 0 saturated heterocycles. The highest BCUT2D eigenvalue weighted by Crippen LogP contribution is 2.22. The Bertz CT molecular complexity index is 640. The van der Waals surface area contributed by atoms with Gasteiger partial charge in [0.15, 0.2) is 0 Å². The lowest BCUT2D eigenvalue weighted by molar-refractivity contribution is 0.528. The summed E-state index contributed by atoms with van der Waals surface area (Å²) in [6.07, 6.45) is 2.46. The van der Waals surface area contributed by atoms with Crippen molar-refractivity contribution in [3.8, 4) is 0 Å². The second kappa shape index (κ2) is 5.56. The monoisotopic (exact) mass is 291 g/mol. The van der Waals surface area contributed by atoms with Crippen LogP contribution in [-0.4, -0.2) is 15.8 Å². The largest absolute Gasteiger partial charge is 0.310 e. The Morgan fingerprint density at radius 3 is 2.48 bits per heavy atom. The number of aromatic nitrogens is 2. The molecule has 2 aromatic rings. The van der Waals surface area contributed by atoms with Gasteiger partial charge in [-0.05, 0) is 38.8 Å². The van der Waals surface area contributed by atoms with Gasteiger partial charge in [-0.1, -0.05) is 6.07 Å². The van der Waals surface area contributed by atoms with E-state index in [2.05, 4.69) is 10.4 Å². The van der Waals surface area contributed by atoms with Crippen LogP contribution < -0.4 is 5.32 Å². The SMILES string of the molecule is Cc1nn(Cc2c(F)cccc2F)c(C)c1CNC1CC1. The van der Waals surface area contributed by atoms with Crippen LogP contribution >= 0.6 is 0 Å². The van der Waals surface area contributed by atoms with E-state index in [1.165, 1.54) is 31.0 Å². The number of benzene rings is 1. The molecule has 0 radical (unpaired) electrons. The molecule has 3 nitrogen and oxygen atoms in total. The molecule has 1 fully saturated rings. The van der Waals surface area contributed by atoms with Gasteiger partial charge >= 0.3 is 0 Å². The summed E-state index contributed by atoms with van der Waals surface area (Å²) in [5.74, 6) is -1.06. The molecular formula is C16H19F2N3. The van der Waals surface area contributed by atoms with E-state index in [0.29, 0.717) is 6.04 Å². The Labute approximate surface area is 123 Å². The Hall–Kier alpha value is -1.75. The molecule has 112 valence electrons. The zero-order valence-corrected chi connectivity index (χ0v) is 12.3. The molecule has 0 spiro atoms. The van der Waals surface area contributed by atoms with Gasteiger partial charge in [0.05, 0.1) is 12.2 Å². The van der Waals surface area contributed by atoms with Gasteiger partial charge in [0.1, 0.15) is 11.6 Å². The fourth-order valence-corrected chi connectivity index (χ4v) is 2.51. The molecular weight excluding hydrogens is 272 g/mol. The smallest absolute Gasteiger partial charge is 0.131 e. The van der Waals surface area contributed by atoms with Crippen molar-refractivity contribution in [2.75, 3.05) is 0 Å². The predicted octanol–water partition coefficient (Wildman–Crippen LogP) is 3.08. The minimum absolute atomic E-state index is 0.0600. The van der Waals surface area contributed by atoms with Gasteiger partial charge in [-0.2, -0.15) is 5.10 Å². The lowest BCUT2D eigenvalue weighted by atomic mass is 10.1. The second-order valence-corrected chi connectivity index (χ2v) is 5.66. The zero-order valence-electron chi connectivity index (χ0n) is 12.3. The first-order valence-electron chi connectivity index (χ1n) is 7.25. The predicted molar refractivity (Wildman–Crippen MR) is 77.0 cm³/mol. The number of aryl methyl sites for hydroxylation is 1. The molecule has 5 heteroatoms. The van der Waals surface area contributed by atoms with Crippen LogP contribution in [0.5, 0.6) is 0 Å². The molecule has 0 atom stereocenters. The summed E-state index contributed by atoms with van der Waals surface area (Å²) in [5.41, 5.74) is 3.06. The van der Waals surface area contributed by atoms with E-state index in [-0.39, 0.29) is 12.1 Å².